The van der Waals surface area contributed by atoms with Crippen molar-refractivity contribution >= 4 is 16.9 Å². The monoisotopic (exact) mass is 304 g/mol. The summed E-state index contributed by atoms with van der Waals surface area (Å²) in [6.07, 6.45) is 0.823. The molecule has 1 heterocycles. The first-order chi connectivity index (χ1) is 10.5. The fraction of sp³-hybridized carbons (Fsp3) is 0.400. The molecule has 7 heteroatoms. The van der Waals surface area contributed by atoms with Crippen molar-refractivity contribution in [2.45, 2.75) is 13.0 Å². The van der Waals surface area contributed by atoms with E-state index in [1.165, 1.54) is 4.57 Å². The van der Waals surface area contributed by atoms with Crippen LogP contribution in [0.4, 0.5) is 0 Å². The molecule has 0 saturated heterocycles. The van der Waals surface area contributed by atoms with E-state index in [0.29, 0.717) is 17.6 Å². The number of aromatic nitrogens is 2. The summed E-state index contributed by atoms with van der Waals surface area (Å²) in [4.78, 5) is 40.1. The van der Waals surface area contributed by atoms with E-state index in [2.05, 4.69) is 10.3 Å². The molecule has 2 rings (SSSR count). The highest BCUT2D eigenvalue weighted by Gasteiger charge is 2.10. The minimum absolute atomic E-state index is 0.161. The Bertz CT molecular complexity index is 776. The zero-order valence-electron chi connectivity index (χ0n) is 12.8. The highest BCUT2D eigenvalue weighted by molar-refractivity contribution is 5.79. The zero-order valence-corrected chi connectivity index (χ0v) is 12.8. The Morgan fingerprint density at radius 2 is 2.00 bits per heavy atom. The van der Waals surface area contributed by atoms with Crippen LogP contribution >= 0.6 is 0 Å². The number of rotatable bonds is 6. The van der Waals surface area contributed by atoms with Crippen molar-refractivity contribution in [3.8, 4) is 0 Å². The van der Waals surface area contributed by atoms with Crippen LogP contribution in [0, 0.1) is 0 Å². The molecule has 1 aromatic carbocycles. The Kier molecular flexibility index (Phi) is 5.11. The number of para-hydroxylation sites is 2. The first kappa shape index (κ1) is 16.0. The lowest BCUT2D eigenvalue weighted by Gasteiger charge is -2.11. The third-order valence-corrected chi connectivity index (χ3v) is 3.29. The van der Waals surface area contributed by atoms with Crippen LogP contribution in [0.5, 0.6) is 0 Å². The standard InChI is InChI=1S/C15H20N4O3/c1-18(2)9-5-8-16-13(20)10-19-12-7-4-3-6-11(12)17-14(21)15(19)22/h3-4,6-7H,5,8-10H2,1-2H3,(H,16,20)(H,17,21). The minimum atomic E-state index is -0.723. The molecule has 0 atom stereocenters. The predicted molar refractivity (Wildman–Crippen MR) is 85.0 cm³/mol. The van der Waals surface area contributed by atoms with Gasteiger partial charge in [0.2, 0.25) is 5.91 Å². The van der Waals surface area contributed by atoms with Crippen LogP contribution < -0.4 is 16.4 Å². The van der Waals surface area contributed by atoms with Gasteiger partial charge in [-0.3, -0.25) is 19.0 Å². The molecule has 0 spiro atoms. The smallest absolute Gasteiger partial charge is 0.317 e. The third-order valence-electron chi connectivity index (χ3n) is 3.29. The summed E-state index contributed by atoms with van der Waals surface area (Å²) < 4.78 is 1.20. The normalized spacial score (nSPS) is 11.0. The molecule has 118 valence electrons. The number of benzene rings is 1. The van der Waals surface area contributed by atoms with Crippen LogP contribution in [-0.2, 0) is 11.3 Å². The van der Waals surface area contributed by atoms with Crippen molar-refractivity contribution in [2.24, 2.45) is 0 Å². The second-order valence-corrected chi connectivity index (χ2v) is 5.37. The highest BCUT2D eigenvalue weighted by atomic mass is 16.2. The van der Waals surface area contributed by atoms with Crippen molar-refractivity contribution in [3.05, 3.63) is 45.0 Å². The minimum Gasteiger partial charge on any atom is -0.355 e. The maximum Gasteiger partial charge on any atom is 0.317 e. The van der Waals surface area contributed by atoms with Gasteiger partial charge in [0.15, 0.2) is 0 Å². The highest BCUT2D eigenvalue weighted by Crippen LogP contribution is 2.06. The van der Waals surface area contributed by atoms with Gasteiger partial charge < -0.3 is 15.2 Å². The fourth-order valence-corrected chi connectivity index (χ4v) is 2.20. The molecule has 1 amide bonds. The lowest BCUT2D eigenvalue weighted by Crippen LogP contribution is -2.40. The van der Waals surface area contributed by atoms with Gasteiger partial charge in [0, 0.05) is 6.54 Å². The molecule has 0 bridgehead atoms. The largest absolute Gasteiger partial charge is 0.355 e. The van der Waals surface area contributed by atoms with E-state index in [4.69, 9.17) is 0 Å². The number of fused-ring (bicyclic) bond motifs is 1. The predicted octanol–water partition coefficient (Wildman–Crippen LogP) is -0.242. The molecular formula is C15H20N4O3. The van der Waals surface area contributed by atoms with Gasteiger partial charge in [-0.15, -0.1) is 0 Å². The van der Waals surface area contributed by atoms with Gasteiger partial charge in [-0.25, -0.2) is 0 Å². The number of carbonyl (C=O) groups is 1. The Morgan fingerprint density at radius 3 is 2.73 bits per heavy atom. The third kappa shape index (κ3) is 3.82. The first-order valence-corrected chi connectivity index (χ1v) is 7.12. The fourth-order valence-electron chi connectivity index (χ4n) is 2.20. The summed E-state index contributed by atoms with van der Waals surface area (Å²) in [5, 5.41) is 2.76. The van der Waals surface area contributed by atoms with Gasteiger partial charge in [0.05, 0.1) is 11.0 Å². The van der Waals surface area contributed by atoms with Crippen molar-refractivity contribution in [1.82, 2.24) is 19.8 Å². The number of amides is 1. The summed E-state index contributed by atoms with van der Waals surface area (Å²) in [7, 11) is 3.92. The van der Waals surface area contributed by atoms with E-state index in [1.54, 1.807) is 24.3 Å². The molecule has 2 N–H and O–H groups in total. The van der Waals surface area contributed by atoms with Crippen molar-refractivity contribution < 1.29 is 4.79 Å². The van der Waals surface area contributed by atoms with Crippen LogP contribution in [0.3, 0.4) is 0 Å². The number of nitrogens with one attached hydrogen (secondary N) is 2. The first-order valence-electron chi connectivity index (χ1n) is 7.12. The number of hydrogen-bond donors (Lipinski definition) is 2. The van der Waals surface area contributed by atoms with Gasteiger partial charge in [0.25, 0.3) is 0 Å². The van der Waals surface area contributed by atoms with Gasteiger partial charge >= 0.3 is 11.1 Å². The maximum absolute atomic E-state index is 12.0. The molecule has 1 aromatic heterocycles. The van der Waals surface area contributed by atoms with E-state index in [1.807, 2.05) is 19.0 Å². The molecule has 7 nitrogen and oxygen atoms in total. The molecule has 0 aliphatic carbocycles. The van der Waals surface area contributed by atoms with E-state index in [9.17, 15) is 14.4 Å². The van der Waals surface area contributed by atoms with Crippen molar-refractivity contribution in [1.29, 1.82) is 0 Å². The zero-order chi connectivity index (χ0) is 16.1. The topological polar surface area (TPSA) is 87.2 Å². The Labute approximate surface area is 127 Å². The lowest BCUT2D eigenvalue weighted by atomic mass is 10.3. The van der Waals surface area contributed by atoms with Crippen LogP contribution in [0.15, 0.2) is 33.9 Å². The average Bonchev–Trinajstić information content (AvgIpc) is 2.48. The van der Waals surface area contributed by atoms with Gasteiger partial charge in [0.1, 0.15) is 6.54 Å². The summed E-state index contributed by atoms with van der Waals surface area (Å²) in [6.45, 7) is 1.24. The average molecular weight is 304 g/mol. The van der Waals surface area contributed by atoms with Crippen LogP contribution in [-0.4, -0.2) is 47.5 Å². The molecule has 0 aliphatic heterocycles. The number of aromatic amines is 1. The summed E-state index contributed by atoms with van der Waals surface area (Å²) >= 11 is 0. The van der Waals surface area contributed by atoms with Gasteiger partial charge in [-0.05, 0) is 39.2 Å². The Hall–Kier alpha value is -2.41. The molecule has 0 saturated carbocycles. The van der Waals surface area contributed by atoms with Crippen LogP contribution in [0.1, 0.15) is 6.42 Å². The van der Waals surface area contributed by atoms with Crippen LogP contribution in [0.25, 0.3) is 11.0 Å². The van der Waals surface area contributed by atoms with E-state index < -0.39 is 11.1 Å². The van der Waals surface area contributed by atoms with E-state index >= 15 is 0 Å². The van der Waals surface area contributed by atoms with Crippen LogP contribution in [0.2, 0.25) is 0 Å². The summed E-state index contributed by atoms with van der Waals surface area (Å²) in [5.74, 6) is -0.281. The number of nitrogens with zero attached hydrogens (tertiary/aromatic N) is 2. The SMILES string of the molecule is CN(C)CCCNC(=O)Cn1c(=O)c(=O)[nH]c2ccccc21. The number of carbonyl (C=O) groups excluding carboxylic acids is 1. The molecule has 22 heavy (non-hydrogen) atoms. The quantitative estimate of drug-likeness (QED) is 0.569. The van der Waals surface area contributed by atoms with Gasteiger partial charge in [-0.1, -0.05) is 12.1 Å². The molecule has 0 radical (unpaired) electrons. The van der Waals surface area contributed by atoms with E-state index in [-0.39, 0.29) is 12.5 Å². The Balaban J connectivity index is 2.14. The number of hydrogen-bond acceptors (Lipinski definition) is 4. The molecular weight excluding hydrogens is 284 g/mol. The molecule has 0 fully saturated rings. The molecule has 0 unspecified atom stereocenters. The second-order valence-electron chi connectivity index (χ2n) is 5.37. The molecule has 2 aromatic rings. The lowest BCUT2D eigenvalue weighted by molar-refractivity contribution is -0.121. The second kappa shape index (κ2) is 7.04. The summed E-state index contributed by atoms with van der Waals surface area (Å²) in [5.41, 5.74) is -0.371. The number of H-pyrrole nitrogens is 1. The Morgan fingerprint density at radius 1 is 1.27 bits per heavy atom. The van der Waals surface area contributed by atoms with Crippen molar-refractivity contribution in [2.75, 3.05) is 27.2 Å². The van der Waals surface area contributed by atoms with Crippen molar-refractivity contribution in [3.63, 3.8) is 0 Å². The molecule has 0 aliphatic rings. The van der Waals surface area contributed by atoms with E-state index in [0.717, 1.165) is 13.0 Å². The van der Waals surface area contributed by atoms with Gasteiger partial charge in [-0.2, -0.15) is 0 Å². The maximum atomic E-state index is 12.0. The summed E-state index contributed by atoms with van der Waals surface area (Å²) in [6, 6.07) is 6.91.